The fraction of sp³-hybridized carbons (Fsp3) is 0.344. The summed E-state index contributed by atoms with van der Waals surface area (Å²) in [6, 6.07) is 22.3. The van der Waals surface area contributed by atoms with Crippen LogP contribution < -0.4 is 9.46 Å². The second-order valence-electron chi connectivity index (χ2n) is 10.9. The zero-order valence-electron chi connectivity index (χ0n) is 23.0. The van der Waals surface area contributed by atoms with E-state index < -0.39 is 11.4 Å². The van der Waals surface area contributed by atoms with E-state index in [4.69, 9.17) is 9.72 Å². The maximum absolute atomic E-state index is 13.3. The Morgan fingerprint density at radius 2 is 1.82 bits per heavy atom. The minimum absolute atomic E-state index is 0.299. The molecule has 1 N–H and O–H groups in total. The number of likely N-dealkylation sites (tertiary alicyclic amines) is 1. The molecule has 6 rings (SSSR count). The lowest BCUT2D eigenvalue weighted by atomic mass is 9.82. The third kappa shape index (κ3) is 6.14. The quantitative estimate of drug-likeness (QED) is 0.323. The van der Waals surface area contributed by atoms with Crippen molar-refractivity contribution < 1.29 is 9.29 Å². The first-order chi connectivity index (χ1) is 19.5. The van der Waals surface area contributed by atoms with Gasteiger partial charge in [0, 0.05) is 36.8 Å². The van der Waals surface area contributed by atoms with E-state index in [9.17, 15) is 4.55 Å². The minimum Gasteiger partial charge on any atom is -0.588 e. The van der Waals surface area contributed by atoms with Gasteiger partial charge in [-0.15, -0.1) is 0 Å². The molecular formula is C32H35N5O2S. The molecule has 0 saturated carbocycles. The second kappa shape index (κ2) is 12.0. The largest absolute Gasteiger partial charge is 0.588 e. The Labute approximate surface area is 239 Å². The van der Waals surface area contributed by atoms with Gasteiger partial charge in [-0.1, -0.05) is 36.4 Å². The van der Waals surface area contributed by atoms with Gasteiger partial charge in [0.2, 0.25) is 5.88 Å². The van der Waals surface area contributed by atoms with Gasteiger partial charge in [0.1, 0.15) is 11.4 Å². The van der Waals surface area contributed by atoms with Crippen LogP contribution >= 0.6 is 0 Å². The standard InChI is InChI=1S/C32H35N5O2S/c1-22-7-5-8-23(2)31(22)29-18-30-35-32(34-29)36-40(38)28-11-6-9-24(17-28)12-13-25-14-16-37(19-26(25)21-39-30)20-27-10-3-4-15-33-27/h3-11,15,17-18,25-26H,12-14,16,19-21H2,1-2H3,(H,34,35,36)/t25?,26-,40?/m1/s1. The van der Waals surface area contributed by atoms with Gasteiger partial charge >= 0.3 is 0 Å². The number of rotatable bonds is 3. The van der Waals surface area contributed by atoms with E-state index in [-0.39, 0.29) is 0 Å². The maximum atomic E-state index is 13.3. The number of aromatic nitrogens is 3. The van der Waals surface area contributed by atoms with Crippen LogP contribution in [0.25, 0.3) is 11.3 Å². The van der Waals surface area contributed by atoms with Gasteiger partial charge in [0.15, 0.2) is 4.90 Å². The summed E-state index contributed by atoms with van der Waals surface area (Å²) in [7, 11) is 0. The van der Waals surface area contributed by atoms with Crippen molar-refractivity contribution >= 4 is 17.3 Å². The Bertz CT molecular complexity index is 1450. The highest BCUT2D eigenvalue weighted by Crippen LogP contribution is 2.33. The summed E-state index contributed by atoms with van der Waals surface area (Å²) in [5.74, 6) is 1.67. The van der Waals surface area contributed by atoms with Crippen LogP contribution in [0.1, 0.15) is 35.2 Å². The van der Waals surface area contributed by atoms with Crippen LogP contribution in [-0.2, 0) is 24.3 Å². The first-order valence-corrected chi connectivity index (χ1v) is 15.1. The number of nitrogens with zero attached hydrogens (tertiary/aromatic N) is 4. The predicted molar refractivity (Wildman–Crippen MR) is 158 cm³/mol. The fourth-order valence-corrected chi connectivity index (χ4v) is 6.82. The average Bonchev–Trinajstić information content (AvgIpc) is 2.96. The van der Waals surface area contributed by atoms with E-state index in [0.717, 1.165) is 71.9 Å². The molecule has 2 unspecified atom stereocenters. The number of piperidine rings is 1. The topological polar surface area (TPSA) is 86.2 Å². The van der Waals surface area contributed by atoms with Crippen molar-refractivity contribution in [2.75, 3.05) is 24.4 Å². The third-order valence-corrected chi connectivity index (χ3v) is 9.12. The molecule has 40 heavy (non-hydrogen) atoms. The molecule has 2 aliphatic rings. The molecule has 0 radical (unpaired) electrons. The molecule has 4 bridgehead atoms. The Morgan fingerprint density at radius 1 is 0.975 bits per heavy atom. The van der Waals surface area contributed by atoms with E-state index in [1.54, 1.807) is 0 Å². The number of anilines is 1. The molecule has 8 heteroatoms. The van der Waals surface area contributed by atoms with Crippen LogP contribution in [0.15, 0.2) is 77.8 Å². The Balaban J connectivity index is 1.34. The molecule has 2 aromatic heterocycles. The zero-order valence-corrected chi connectivity index (χ0v) is 23.9. The van der Waals surface area contributed by atoms with Gasteiger partial charge in [-0.2, -0.15) is 9.71 Å². The van der Waals surface area contributed by atoms with Gasteiger partial charge in [0.05, 0.1) is 18.0 Å². The van der Waals surface area contributed by atoms with Gasteiger partial charge in [0.25, 0.3) is 5.95 Å². The first kappa shape index (κ1) is 26.7. The molecule has 2 aromatic carbocycles. The van der Waals surface area contributed by atoms with Crippen molar-refractivity contribution in [3.05, 3.63) is 95.3 Å². The predicted octanol–water partition coefficient (Wildman–Crippen LogP) is 5.75. The Hall–Kier alpha value is -3.46. The average molecular weight is 554 g/mol. The van der Waals surface area contributed by atoms with Crippen molar-refractivity contribution in [3.63, 3.8) is 0 Å². The number of ether oxygens (including phenoxy) is 1. The summed E-state index contributed by atoms with van der Waals surface area (Å²) in [6.45, 7) is 7.56. The minimum atomic E-state index is -1.49. The van der Waals surface area contributed by atoms with Gasteiger partial charge in [-0.3, -0.25) is 9.88 Å². The van der Waals surface area contributed by atoms with E-state index >= 15 is 0 Å². The van der Waals surface area contributed by atoms with Crippen molar-refractivity contribution in [2.24, 2.45) is 11.8 Å². The Morgan fingerprint density at radius 3 is 2.65 bits per heavy atom. The lowest BCUT2D eigenvalue weighted by Crippen LogP contribution is -2.42. The van der Waals surface area contributed by atoms with Gasteiger partial charge in [-0.05, 0) is 86.5 Å². The van der Waals surface area contributed by atoms with E-state index in [2.05, 4.69) is 63.8 Å². The molecule has 0 aliphatic carbocycles. The van der Waals surface area contributed by atoms with E-state index in [1.807, 2.05) is 42.6 Å². The molecule has 2 aliphatic heterocycles. The number of nitrogens with one attached hydrogen (secondary N) is 1. The normalized spacial score (nSPS) is 21.4. The van der Waals surface area contributed by atoms with Crippen LogP contribution in [0.3, 0.4) is 0 Å². The molecule has 1 saturated heterocycles. The summed E-state index contributed by atoms with van der Waals surface area (Å²) in [4.78, 5) is 17.2. The van der Waals surface area contributed by atoms with Gasteiger partial charge in [-0.25, -0.2) is 4.98 Å². The molecule has 4 heterocycles. The summed E-state index contributed by atoms with van der Waals surface area (Å²) in [5, 5.41) is 0. The molecule has 0 amide bonds. The SMILES string of the molecule is Cc1cccc(C)c1-c1cc2nc(n1)N[S+]([O-])c1cccc(c1)CCC1CCN(Cc3ccccn3)C[C@@H]1CO2. The van der Waals surface area contributed by atoms with E-state index in [0.29, 0.717) is 30.3 Å². The molecule has 0 spiro atoms. The number of pyridine rings is 1. The maximum Gasteiger partial charge on any atom is 0.269 e. The molecule has 4 aromatic rings. The van der Waals surface area contributed by atoms with Crippen LogP contribution in [0.5, 0.6) is 5.88 Å². The van der Waals surface area contributed by atoms with Crippen molar-refractivity contribution in [1.82, 2.24) is 19.9 Å². The highest BCUT2D eigenvalue weighted by Gasteiger charge is 2.30. The summed E-state index contributed by atoms with van der Waals surface area (Å²) < 4.78 is 22.8. The lowest BCUT2D eigenvalue weighted by molar-refractivity contribution is 0.0701. The highest BCUT2D eigenvalue weighted by molar-refractivity contribution is 7.92. The van der Waals surface area contributed by atoms with Crippen molar-refractivity contribution in [2.45, 2.75) is 44.6 Å². The molecule has 206 valence electrons. The molecule has 3 atom stereocenters. The van der Waals surface area contributed by atoms with Crippen molar-refractivity contribution in [1.29, 1.82) is 0 Å². The second-order valence-corrected chi connectivity index (χ2v) is 12.1. The number of benzene rings is 2. The molecule has 1 fully saturated rings. The van der Waals surface area contributed by atoms with Crippen LogP contribution in [0.4, 0.5) is 5.95 Å². The third-order valence-electron chi connectivity index (χ3n) is 8.07. The van der Waals surface area contributed by atoms with Crippen LogP contribution in [0.2, 0.25) is 0 Å². The number of fused-ring (bicyclic) bond motifs is 5. The molecular weight excluding hydrogens is 518 g/mol. The Kier molecular flexibility index (Phi) is 8.00. The first-order valence-electron chi connectivity index (χ1n) is 14.0. The van der Waals surface area contributed by atoms with Crippen LogP contribution in [0, 0.1) is 25.7 Å². The number of hydrogen-bond acceptors (Lipinski definition) is 7. The van der Waals surface area contributed by atoms with E-state index in [1.165, 1.54) is 5.56 Å². The summed E-state index contributed by atoms with van der Waals surface area (Å²) >= 11 is -1.49. The summed E-state index contributed by atoms with van der Waals surface area (Å²) in [6.07, 6.45) is 4.99. The van der Waals surface area contributed by atoms with Gasteiger partial charge < -0.3 is 9.29 Å². The smallest absolute Gasteiger partial charge is 0.269 e. The molecule has 7 nitrogen and oxygen atoms in total. The number of aryl methyl sites for hydroxylation is 3. The highest BCUT2D eigenvalue weighted by atomic mass is 32.2. The van der Waals surface area contributed by atoms with Crippen molar-refractivity contribution in [3.8, 4) is 17.1 Å². The fourth-order valence-electron chi connectivity index (χ4n) is 5.98. The van der Waals surface area contributed by atoms with Crippen LogP contribution in [-0.4, -0.2) is 44.1 Å². The summed E-state index contributed by atoms with van der Waals surface area (Å²) in [5.41, 5.74) is 6.35. The monoisotopic (exact) mass is 553 g/mol. The zero-order chi connectivity index (χ0) is 27.5. The number of hydrogen-bond donors (Lipinski definition) is 1. The lowest BCUT2D eigenvalue weighted by Gasteiger charge is -2.38.